The Morgan fingerprint density at radius 1 is 0.690 bits per heavy atom. The molecule has 0 spiro atoms. The molecule has 0 bridgehead atoms. The zero-order valence-electron chi connectivity index (χ0n) is 27.4. The number of carbonyl (C=O) groups is 2. The fourth-order valence-electron chi connectivity index (χ4n) is 5.04. The van der Waals surface area contributed by atoms with Crippen molar-refractivity contribution in [3.63, 3.8) is 0 Å². The van der Waals surface area contributed by atoms with E-state index < -0.39 is 64.2 Å². The van der Waals surface area contributed by atoms with E-state index in [-0.39, 0.29) is 23.3 Å². The van der Waals surface area contributed by atoms with Crippen molar-refractivity contribution in [3.8, 4) is 0 Å². The molecule has 10 nitrogen and oxygen atoms in total. The SMILES string of the molecule is CC(C)(C)[Si](C)(C)O[C@@H]1CC2=C(COC2=O)[C@@H](O)[C@@]1(C)O.CC(C)(C)[Si](C)(C)O[C@H]1CC2=C(COC2=O)[C@H](O)[C@]1(C)O. The second kappa shape index (κ2) is 11.2. The monoisotopic (exact) mass is 628 g/mol. The summed E-state index contributed by atoms with van der Waals surface area (Å²) in [7, 11) is -4.25. The van der Waals surface area contributed by atoms with Crippen molar-refractivity contribution in [2.24, 2.45) is 0 Å². The third-order valence-electron chi connectivity index (χ3n) is 10.3. The molecule has 2 aliphatic heterocycles. The number of esters is 2. The van der Waals surface area contributed by atoms with Gasteiger partial charge in [0.15, 0.2) is 16.6 Å². The molecule has 0 aromatic carbocycles. The first kappa shape index (κ1) is 35.1. The minimum atomic E-state index is -2.12. The molecular formula is C30H52O10Si2. The molecule has 0 radical (unpaired) electrons. The topological polar surface area (TPSA) is 152 Å². The van der Waals surface area contributed by atoms with Gasteiger partial charge in [-0.3, -0.25) is 0 Å². The zero-order chi connectivity index (χ0) is 32.4. The standard InChI is InChI=1S/2C15H26O5Si/c2*1-14(2,3)21(5,6)20-11-7-9-10(8-19-13(9)17)12(16)15(11,4)18/h2*11-12,16,18H,7-8H2,1-6H3/t2*11-,12-,15+/m10/s1. The second-order valence-electron chi connectivity index (χ2n) is 15.6. The molecule has 42 heavy (non-hydrogen) atoms. The van der Waals surface area contributed by atoms with Gasteiger partial charge in [-0.1, -0.05) is 41.5 Å². The number of cyclic esters (lactones) is 2. The molecule has 0 amide bonds. The van der Waals surface area contributed by atoms with Crippen LogP contribution in [0.3, 0.4) is 0 Å². The predicted molar refractivity (Wildman–Crippen MR) is 163 cm³/mol. The fraction of sp³-hybridized carbons (Fsp3) is 0.800. The van der Waals surface area contributed by atoms with Gasteiger partial charge in [0.1, 0.15) is 36.6 Å². The van der Waals surface area contributed by atoms with Gasteiger partial charge in [0.05, 0.1) is 12.2 Å². The molecule has 4 aliphatic rings. The van der Waals surface area contributed by atoms with Crippen LogP contribution in [0.4, 0.5) is 0 Å². The minimum absolute atomic E-state index is 0.0150. The third kappa shape index (κ3) is 6.37. The maximum atomic E-state index is 11.8. The Hall–Kier alpha value is -1.39. The lowest BCUT2D eigenvalue weighted by Crippen LogP contribution is -2.58. The summed E-state index contributed by atoms with van der Waals surface area (Å²) in [5.41, 5.74) is -0.888. The Kier molecular flexibility index (Phi) is 9.36. The average Bonchev–Trinajstić information content (AvgIpc) is 3.37. The van der Waals surface area contributed by atoms with Crippen molar-refractivity contribution in [1.29, 1.82) is 0 Å². The number of aliphatic hydroxyl groups excluding tert-OH is 2. The number of hydrogen-bond acceptors (Lipinski definition) is 10. The average molecular weight is 629 g/mol. The number of hydrogen-bond donors (Lipinski definition) is 4. The van der Waals surface area contributed by atoms with E-state index in [1.807, 2.05) is 0 Å². The number of carbonyl (C=O) groups excluding carboxylic acids is 2. The smallest absolute Gasteiger partial charge is 0.334 e. The first-order chi connectivity index (χ1) is 18.8. The summed E-state index contributed by atoms with van der Waals surface area (Å²) < 4.78 is 22.5. The summed E-state index contributed by atoms with van der Waals surface area (Å²) in [4.78, 5) is 23.5. The van der Waals surface area contributed by atoms with Crippen LogP contribution in [-0.2, 0) is 27.9 Å². The van der Waals surface area contributed by atoms with E-state index in [0.717, 1.165) is 0 Å². The molecular weight excluding hydrogens is 576 g/mol. The fourth-order valence-corrected chi connectivity index (χ4v) is 7.82. The van der Waals surface area contributed by atoms with E-state index in [0.29, 0.717) is 35.1 Å². The van der Waals surface area contributed by atoms with E-state index in [1.54, 1.807) is 13.8 Å². The van der Waals surface area contributed by atoms with E-state index in [2.05, 4.69) is 67.7 Å². The molecule has 0 unspecified atom stereocenters. The Morgan fingerprint density at radius 2 is 0.976 bits per heavy atom. The van der Waals surface area contributed by atoms with Crippen LogP contribution in [0, 0.1) is 0 Å². The predicted octanol–water partition coefficient (Wildman–Crippen LogP) is 3.49. The van der Waals surface area contributed by atoms with E-state index in [1.165, 1.54) is 0 Å². The number of aliphatic hydroxyl groups is 4. The lowest BCUT2D eigenvalue weighted by Gasteiger charge is -2.46. The molecule has 0 aromatic rings. The first-order valence-corrected chi connectivity index (χ1v) is 20.5. The van der Waals surface area contributed by atoms with Crippen LogP contribution in [0.5, 0.6) is 0 Å². The molecule has 6 atom stereocenters. The summed E-state index contributed by atoms with van der Waals surface area (Å²) in [6.45, 7) is 24.3. The van der Waals surface area contributed by atoms with Gasteiger partial charge in [-0.15, -0.1) is 0 Å². The van der Waals surface area contributed by atoms with Gasteiger partial charge in [-0.25, -0.2) is 9.59 Å². The summed E-state index contributed by atoms with van der Waals surface area (Å²) in [5.74, 6) is -0.799. The quantitative estimate of drug-likeness (QED) is 0.269. The molecule has 2 heterocycles. The molecule has 12 heteroatoms. The number of rotatable bonds is 4. The number of ether oxygens (including phenoxy) is 2. The Labute approximate surface area is 252 Å². The molecule has 4 N–H and O–H groups in total. The van der Waals surface area contributed by atoms with Crippen LogP contribution in [0.1, 0.15) is 68.2 Å². The minimum Gasteiger partial charge on any atom is -0.458 e. The third-order valence-corrected chi connectivity index (χ3v) is 19.3. The van der Waals surface area contributed by atoms with E-state index in [9.17, 15) is 30.0 Å². The first-order valence-electron chi connectivity index (χ1n) is 14.7. The van der Waals surface area contributed by atoms with Gasteiger partial charge in [-0.05, 0) is 50.1 Å². The summed E-state index contributed by atoms with van der Waals surface area (Å²) in [6.07, 6.45) is -2.85. The largest absolute Gasteiger partial charge is 0.458 e. The van der Waals surface area contributed by atoms with Crippen molar-refractivity contribution < 1.29 is 48.3 Å². The Bertz CT molecular complexity index is 1060. The van der Waals surface area contributed by atoms with E-state index in [4.69, 9.17) is 18.3 Å². The van der Waals surface area contributed by atoms with Crippen molar-refractivity contribution >= 4 is 28.6 Å². The van der Waals surface area contributed by atoms with Crippen molar-refractivity contribution in [3.05, 3.63) is 22.3 Å². The van der Waals surface area contributed by atoms with Crippen molar-refractivity contribution in [2.45, 2.75) is 140 Å². The molecule has 2 aliphatic carbocycles. The van der Waals surface area contributed by atoms with Crippen LogP contribution < -0.4 is 0 Å². The van der Waals surface area contributed by atoms with Gasteiger partial charge >= 0.3 is 11.9 Å². The van der Waals surface area contributed by atoms with Gasteiger partial charge in [0, 0.05) is 35.1 Å². The lowest BCUT2D eigenvalue weighted by atomic mass is 9.78. The highest BCUT2D eigenvalue weighted by Crippen LogP contribution is 2.45. The van der Waals surface area contributed by atoms with Gasteiger partial charge in [-0.2, -0.15) is 0 Å². The van der Waals surface area contributed by atoms with Crippen molar-refractivity contribution in [2.75, 3.05) is 13.2 Å². The van der Waals surface area contributed by atoms with Crippen LogP contribution in [0.25, 0.3) is 0 Å². The highest BCUT2D eigenvalue weighted by molar-refractivity contribution is 6.74. The van der Waals surface area contributed by atoms with E-state index >= 15 is 0 Å². The van der Waals surface area contributed by atoms with Gasteiger partial charge < -0.3 is 38.8 Å². The Morgan fingerprint density at radius 3 is 1.24 bits per heavy atom. The molecule has 0 saturated carbocycles. The maximum absolute atomic E-state index is 11.8. The van der Waals surface area contributed by atoms with Crippen molar-refractivity contribution in [1.82, 2.24) is 0 Å². The van der Waals surface area contributed by atoms with Gasteiger partial charge in [0.2, 0.25) is 0 Å². The highest BCUT2D eigenvalue weighted by Gasteiger charge is 2.54. The van der Waals surface area contributed by atoms with Crippen LogP contribution >= 0.6 is 0 Å². The molecule has 0 saturated heterocycles. The summed E-state index contributed by atoms with van der Waals surface area (Å²) >= 11 is 0. The molecule has 0 aromatic heterocycles. The van der Waals surface area contributed by atoms with Crippen LogP contribution in [0.2, 0.25) is 36.3 Å². The highest BCUT2D eigenvalue weighted by atomic mass is 28.4. The second-order valence-corrected chi connectivity index (χ2v) is 25.1. The maximum Gasteiger partial charge on any atom is 0.334 e. The van der Waals surface area contributed by atoms with Gasteiger partial charge in [0.25, 0.3) is 0 Å². The lowest BCUT2D eigenvalue weighted by molar-refractivity contribution is -0.137. The Balaban J connectivity index is 0.000000230. The van der Waals surface area contributed by atoms with Crippen LogP contribution in [0.15, 0.2) is 22.3 Å². The van der Waals surface area contributed by atoms with Crippen LogP contribution in [-0.4, -0.2) is 97.8 Å². The zero-order valence-corrected chi connectivity index (χ0v) is 29.4. The molecule has 4 rings (SSSR count). The normalized spacial score (nSPS) is 34.0. The molecule has 0 fully saturated rings. The molecule has 240 valence electrons. The summed E-state index contributed by atoms with van der Waals surface area (Å²) in [5, 5.41) is 42.2. The summed E-state index contributed by atoms with van der Waals surface area (Å²) in [6, 6.07) is 0.